The Morgan fingerprint density at radius 2 is 2.06 bits per heavy atom. The quantitative estimate of drug-likeness (QED) is 0.717. The van der Waals surface area contributed by atoms with Gasteiger partial charge >= 0.3 is 0 Å². The average molecular weight is 251 g/mol. The molecule has 0 aliphatic carbocycles. The van der Waals surface area contributed by atoms with Crippen LogP contribution in [-0.4, -0.2) is 16.2 Å². The minimum Gasteiger partial charge on any atom is -0.475 e. The van der Waals surface area contributed by atoms with Crippen LogP contribution in [0.3, 0.4) is 0 Å². The average Bonchev–Trinajstić information content (AvgIpc) is 2.34. The van der Waals surface area contributed by atoms with Gasteiger partial charge in [0.15, 0.2) is 0 Å². The fourth-order valence-corrected chi connectivity index (χ4v) is 1.98. The van der Waals surface area contributed by atoms with Crippen molar-refractivity contribution in [3.63, 3.8) is 0 Å². The second-order valence-electron chi connectivity index (χ2n) is 4.89. The standard InChI is InChI=1S/C15H25NO2/c1-4-5-6-7-8-13(3)18-15-10-14(11-17)9-12(2)16-15/h9-10,13,17H,4-8,11H2,1-3H3. The molecule has 1 rings (SSSR count). The van der Waals surface area contributed by atoms with Crippen LogP contribution in [0.2, 0.25) is 0 Å². The van der Waals surface area contributed by atoms with E-state index in [-0.39, 0.29) is 12.7 Å². The fraction of sp³-hybridized carbons (Fsp3) is 0.667. The lowest BCUT2D eigenvalue weighted by molar-refractivity contribution is 0.197. The number of rotatable bonds is 8. The Morgan fingerprint density at radius 3 is 2.72 bits per heavy atom. The molecule has 3 nitrogen and oxygen atoms in total. The van der Waals surface area contributed by atoms with E-state index in [1.54, 1.807) is 0 Å². The summed E-state index contributed by atoms with van der Waals surface area (Å²) in [6, 6.07) is 3.69. The van der Waals surface area contributed by atoms with E-state index in [0.29, 0.717) is 5.88 Å². The van der Waals surface area contributed by atoms with Gasteiger partial charge in [-0.3, -0.25) is 0 Å². The third kappa shape index (κ3) is 5.50. The smallest absolute Gasteiger partial charge is 0.214 e. The molecule has 1 unspecified atom stereocenters. The summed E-state index contributed by atoms with van der Waals surface area (Å²) in [7, 11) is 0. The van der Waals surface area contributed by atoms with Crippen molar-refractivity contribution in [2.75, 3.05) is 0 Å². The second-order valence-corrected chi connectivity index (χ2v) is 4.89. The van der Waals surface area contributed by atoms with Crippen LogP contribution < -0.4 is 4.74 Å². The molecule has 0 aliphatic heterocycles. The predicted octanol–water partition coefficient (Wildman–Crippen LogP) is 3.62. The molecular weight excluding hydrogens is 226 g/mol. The zero-order valence-electron chi connectivity index (χ0n) is 11.8. The molecule has 0 bridgehead atoms. The first-order valence-corrected chi connectivity index (χ1v) is 6.90. The minimum atomic E-state index is 0.0323. The first-order chi connectivity index (χ1) is 8.65. The van der Waals surface area contributed by atoms with Crippen LogP contribution in [0.1, 0.15) is 57.2 Å². The highest BCUT2D eigenvalue weighted by atomic mass is 16.5. The van der Waals surface area contributed by atoms with E-state index in [2.05, 4.69) is 18.8 Å². The molecule has 1 heterocycles. The maximum Gasteiger partial charge on any atom is 0.214 e. The maximum atomic E-state index is 9.14. The lowest BCUT2D eigenvalue weighted by Crippen LogP contribution is -2.13. The van der Waals surface area contributed by atoms with Crippen molar-refractivity contribution in [3.05, 3.63) is 23.4 Å². The number of aromatic nitrogens is 1. The van der Waals surface area contributed by atoms with Crippen LogP contribution in [0, 0.1) is 6.92 Å². The number of hydrogen-bond donors (Lipinski definition) is 1. The van der Waals surface area contributed by atoms with Crippen molar-refractivity contribution in [2.24, 2.45) is 0 Å². The van der Waals surface area contributed by atoms with Gasteiger partial charge in [0.05, 0.1) is 12.7 Å². The number of aliphatic hydroxyl groups is 1. The van der Waals surface area contributed by atoms with E-state index >= 15 is 0 Å². The molecule has 0 spiro atoms. The zero-order chi connectivity index (χ0) is 13.4. The van der Waals surface area contributed by atoms with Crippen molar-refractivity contribution < 1.29 is 9.84 Å². The second kappa shape index (κ2) is 8.09. The molecule has 1 aromatic rings. The van der Waals surface area contributed by atoms with Gasteiger partial charge in [0, 0.05) is 11.8 Å². The monoisotopic (exact) mass is 251 g/mol. The third-order valence-electron chi connectivity index (χ3n) is 2.96. The third-order valence-corrected chi connectivity index (χ3v) is 2.96. The Hall–Kier alpha value is -1.09. The molecule has 0 saturated heterocycles. The van der Waals surface area contributed by atoms with Gasteiger partial charge in [0.25, 0.3) is 0 Å². The molecule has 102 valence electrons. The van der Waals surface area contributed by atoms with E-state index in [0.717, 1.165) is 17.7 Å². The van der Waals surface area contributed by atoms with Crippen molar-refractivity contribution in [2.45, 2.75) is 65.6 Å². The van der Waals surface area contributed by atoms with Gasteiger partial charge in [-0.1, -0.05) is 26.2 Å². The number of aryl methyl sites for hydroxylation is 1. The van der Waals surface area contributed by atoms with E-state index < -0.39 is 0 Å². The summed E-state index contributed by atoms with van der Waals surface area (Å²) in [5, 5.41) is 9.14. The predicted molar refractivity (Wildman–Crippen MR) is 73.7 cm³/mol. The molecule has 1 N–H and O–H groups in total. The Morgan fingerprint density at radius 1 is 1.28 bits per heavy atom. The molecule has 0 saturated carbocycles. The maximum absolute atomic E-state index is 9.14. The largest absolute Gasteiger partial charge is 0.475 e. The molecule has 0 radical (unpaired) electrons. The Labute approximate surface area is 110 Å². The normalized spacial score (nSPS) is 12.4. The molecule has 1 aromatic heterocycles. The van der Waals surface area contributed by atoms with Crippen LogP contribution in [0.15, 0.2) is 12.1 Å². The summed E-state index contributed by atoms with van der Waals surface area (Å²) in [4.78, 5) is 4.33. The van der Waals surface area contributed by atoms with E-state index in [1.807, 2.05) is 19.1 Å². The van der Waals surface area contributed by atoms with Gasteiger partial charge in [-0.15, -0.1) is 0 Å². The number of hydrogen-bond acceptors (Lipinski definition) is 3. The summed E-state index contributed by atoms with van der Waals surface area (Å²) in [5.74, 6) is 0.627. The van der Waals surface area contributed by atoms with Crippen LogP contribution in [0.4, 0.5) is 0 Å². The van der Waals surface area contributed by atoms with Crippen molar-refractivity contribution in [1.29, 1.82) is 0 Å². The molecule has 0 aliphatic rings. The topological polar surface area (TPSA) is 42.4 Å². The van der Waals surface area contributed by atoms with Gasteiger partial charge in [0.1, 0.15) is 0 Å². The number of aliphatic hydroxyl groups excluding tert-OH is 1. The van der Waals surface area contributed by atoms with Crippen LogP contribution >= 0.6 is 0 Å². The number of pyridine rings is 1. The Bertz CT molecular complexity index is 352. The fourth-order valence-electron chi connectivity index (χ4n) is 1.98. The van der Waals surface area contributed by atoms with Crippen molar-refractivity contribution in [3.8, 4) is 5.88 Å². The van der Waals surface area contributed by atoms with Crippen LogP contribution in [0.25, 0.3) is 0 Å². The summed E-state index contributed by atoms with van der Waals surface area (Å²) >= 11 is 0. The first-order valence-electron chi connectivity index (χ1n) is 6.90. The molecule has 0 amide bonds. The Kier molecular flexibility index (Phi) is 6.73. The first kappa shape index (κ1) is 15.0. The van der Waals surface area contributed by atoms with Gasteiger partial charge in [0.2, 0.25) is 5.88 Å². The highest BCUT2D eigenvalue weighted by Gasteiger charge is 2.06. The Balaban J connectivity index is 2.43. The number of ether oxygens (including phenoxy) is 1. The van der Waals surface area contributed by atoms with Crippen LogP contribution in [-0.2, 0) is 6.61 Å². The SMILES string of the molecule is CCCCCCC(C)Oc1cc(CO)cc(C)n1. The van der Waals surface area contributed by atoms with Gasteiger partial charge in [-0.05, 0) is 38.3 Å². The number of nitrogens with zero attached hydrogens (tertiary/aromatic N) is 1. The summed E-state index contributed by atoms with van der Waals surface area (Å²) in [6.45, 7) is 6.24. The highest BCUT2D eigenvalue weighted by molar-refractivity contribution is 5.24. The van der Waals surface area contributed by atoms with Gasteiger partial charge in [-0.25, -0.2) is 4.98 Å². The molecule has 1 atom stereocenters. The van der Waals surface area contributed by atoms with Crippen LogP contribution in [0.5, 0.6) is 5.88 Å². The zero-order valence-corrected chi connectivity index (χ0v) is 11.8. The number of unbranched alkanes of at least 4 members (excludes halogenated alkanes) is 3. The van der Waals surface area contributed by atoms with E-state index in [1.165, 1.54) is 25.7 Å². The summed E-state index contributed by atoms with van der Waals surface area (Å²) < 4.78 is 5.80. The molecule has 3 heteroatoms. The van der Waals surface area contributed by atoms with Gasteiger partial charge < -0.3 is 9.84 Å². The lowest BCUT2D eigenvalue weighted by Gasteiger charge is -2.14. The molecule has 18 heavy (non-hydrogen) atoms. The summed E-state index contributed by atoms with van der Waals surface area (Å²) in [6.07, 6.45) is 6.27. The van der Waals surface area contributed by atoms with E-state index in [9.17, 15) is 0 Å². The van der Waals surface area contributed by atoms with Crippen molar-refractivity contribution in [1.82, 2.24) is 4.98 Å². The highest BCUT2D eigenvalue weighted by Crippen LogP contribution is 2.16. The van der Waals surface area contributed by atoms with Crippen molar-refractivity contribution >= 4 is 0 Å². The van der Waals surface area contributed by atoms with E-state index in [4.69, 9.17) is 9.84 Å². The molecule has 0 fully saturated rings. The minimum absolute atomic E-state index is 0.0323. The van der Waals surface area contributed by atoms with Gasteiger partial charge in [-0.2, -0.15) is 0 Å². The lowest BCUT2D eigenvalue weighted by atomic mass is 10.1. The summed E-state index contributed by atoms with van der Waals surface area (Å²) in [5.41, 5.74) is 1.74. The molecular formula is C15H25NO2. The molecule has 0 aromatic carbocycles.